The highest BCUT2D eigenvalue weighted by atomic mass is 19.4. The third kappa shape index (κ3) is 4.71. The van der Waals surface area contributed by atoms with Gasteiger partial charge in [0.2, 0.25) is 0 Å². The van der Waals surface area contributed by atoms with Gasteiger partial charge in [-0.25, -0.2) is 0 Å². The first-order valence-electron chi connectivity index (χ1n) is 6.20. The molecular formula is C13H16F3NO3. The first-order valence-corrected chi connectivity index (χ1v) is 6.20. The maximum absolute atomic E-state index is 12.8. The Hall–Kier alpha value is -1.79. The lowest BCUT2D eigenvalue weighted by molar-refractivity contribution is -0.385. The molecule has 0 aromatic heterocycles. The van der Waals surface area contributed by atoms with Gasteiger partial charge in [-0.15, -0.1) is 0 Å². The fourth-order valence-corrected chi connectivity index (χ4v) is 1.65. The van der Waals surface area contributed by atoms with Gasteiger partial charge in [-0.1, -0.05) is 13.8 Å². The predicted octanol–water partition coefficient (Wildman–Crippen LogP) is 4.43. The van der Waals surface area contributed by atoms with Gasteiger partial charge in [0.1, 0.15) is 11.3 Å². The molecule has 1 aromatic rings. The zero-order chi connectivity index (χ0) is 15.3. The van der Waals surface area contributed by atoms with Gasteiger partial charge in [0.25, 0.3) is 5.69 Å². The predicted molar refractivity (Wildman–Crippen MR) is 67.7 cm³/mol. The lowest BCUT2D eigenvalue weighted by Gasteiger charge is -2.14. The summed E-state index contributed by atoms with van der Waals surface area (Å²) in [5.74, 6) is 0.0735. The Morgan fingerprint density at radius 2 is 2.00 bits per heavy atom. The van der Waals surface area contributed by atoms with Crippen LogP contribution in [0.25, 0.3) is 0 Å². The molecule has 0 heterocycles. The zero-order valence-corrected chi connectivity index (χ0v) is 11.2. The highest BCUT2D eigenvalue weighted by Crippen LogP contribution is 2.38. The smallest absolute Gasteiger partial charge is 0.420 e. The minimum atomic E-state index is -4.68. The van der Waals surface area contributed by atoms with E-state index in [1.807, 2.05) is 13.8 Å². The second-order valence-electron chi connectivity index (χ2n) is 4.82. The Morgan fingerprint density at radius 3 is 2.50 bits per heavy atom. The van der Waals surface area contributed by atoms with Crippen molar-refractivity contribution < 1.29 is 22.8 Å². The molecule has 112 valence electrons. The maximum Gasteiger partial charge on any atom is 0.420 e. The molecule has 0 saturated heterocycles. The first kappa shape index (κ1) is 16.3. The molecule has 0 N–H and O–H groups in total. The highest BCUT2D eigenvalue weighted by Gasteiger charge is 2.36. The molecule has 0 fully saturated rings. The topological polar surface area (TPSA) is 52.4 Å². The molecule has 1 aromatic carbocycles. The Labute approximate surface area is 114 Å². The van der Waals surface area contributed by atoms with Crippen LogP contribution in [0, 0.1) is 16.0 Å². The molecule has 0 aliphatic rings. The number of alkyl halides is 3. The fourth-order valence-electron chi connectivity index (χ4n) is 1.65. The summed E-state index contributed by atoms with van der Waals surface area (Å²) < 4.78 is 43.6. The molecule has 0 radical (unpaired) electrons. The third-order valence-electron chi connectivity index (χ3n) is 2.66. The summed E-state index contributed by atoms with van der Waals surface area (Å²) in [6.45, 7) is 4.17. The van der Waals surface area contributed by atoms with Crippen molar-refractivity contribution in [3.8, 4) is 5.75 Å². The van der Waals surface area contributed by atoms with E-state index in [1.54, 1.807) is 0 Å². The van der Waals surface area contributed by atoms with E-state index in [0.717, 1.165) is 18.6 Å². The molecule has 0 aliphatic carbocycles. The van der Waals surface area contributed by atoms with Crippen molar-refractivity contribution in [2.24, 2.45) is 5.92 Å². The first-order chi connectivity index (χ1) is 9.21. The summed E-state index contributed by atoms with van der Waals surface area (Å²) >= 11 is 0. The Morgan fingerprint density at radius 1 is 1.35 bits per heavy atom. The average Bonchev–Trinajstić information content (AvgIpc) is 2.33. The van der Waals surface area contributed by atoms with Crippen LogP contribution in [0.3, 0.4) is 0 Å². The minimum absolute atomic E-state index is 0.152. The van der Waals surface area contributed by atoms with E-state index in [0.29, 0.717) is 18.4 Å². The van der Waals surface area contributed by atoms with Crippen LogP contribution in [0.5, 0.6) is 5.75 Å². The van der Waals surface area contributed by atoms with Crippen molar-refractivity contribution in [2.75, 3.05) is 6.61 Å². The number of non-ortho nitro benzene ring substituents is 1. The molecule has 0 saturated carbocycles. The zero-order valence-electron chi connectivity index (χ0n) is 11.2. The van der Waals surface area contributed by atoms with Gasteiger partial charge in [0.15, 0.2) is 0 Å². The van der Waals surface area contributed by atoms with Crippen LogP contribution in [-0.4, -0.2) is 11.5 Å². The number of rotatable bonds is 6. The van der Waals surface area contributed by atoms with Crippen molar-refractivity contribution >= 4 is 5.69 Å². The molecule has 0 bridgehead atoms. The summed E-state index contributed by atoms with van der Waals surface area (Å²) in [6.07, 6.45) is -3.21. The van der Waals surface area contributed by atoms with Crippen LogP contribution >= 0.6 is 0 Å². The van der Waals surface area contributed by atoms with Crippen LogP contribution in [-0.2, 0) is 6.18 Å². The molecule has 0 spiro atoms. The monoisotopic (exact) mass is 291 g/mol. The van der Waals surface area contributed by atoms with Gasteiger partial charge in [0.05, 0.1) is 11.5 Å². The van der Waals surface area contributed by atoms with Crippen molar-refractivity contribution in [3.05, 3.63) is 33.9 Å². The van der Waals surface area contributed by atoms with Crippen LogP contribution in [0.15, 0.2) is 18.2 Å². The molecule has 0 amide bonds. The number of halogens is 3. The average molecular weight is 291 g/mol. The number of hydrogen-bond acceptors (Lipinski definition) is 3. The standard InChI is InChI=1S/C13H16F3NO3/c1-9(2)4-3-7-20-12-6-5-10(17(18)19)8-11(12)13(14,15)16/h5-6,8-9H,3-4,7H2,1-2H3. The quantitative estimate of drug-likeness (QED) is 0.442. The summed E-state index contributed by atoms with van der Waals surface area (Å²) in [7, 11) is 0. The summed E-state index contributed by atoms with van der Waals surface area (Å²) in [5, 5.41) is 10.5. The molecule has 0 aliphatic heterocycles. The molecular weight excluding hydrogens is 275 g/mol. The molecule has 4 nitrogen and oxygen atoms in total. The van der Waals surface area contributed by atoms with Gasteiger partial charge in [-0.05, 0) is 24.8 Å². The largest absolute Gasteiger partial charge is 0.493 e. The number of nitrogens with zero attached hydrogens (tertiary/aromatic N) is 1. The lowest BCUT2D eigenvalue weighted by atomic mass is 10.1. The molecule has 20 heavy (non-hydrogen) atoms. The Balaban J connectivity index is 2.87. The van der Waals surface area contributed by atoms with Gasteiger partial charge < -0.3 is 4.74 Å². The van der Waals surface area contributed by atoms with Crippen molar-refractivity contribution in [1.29, 1.82) is 0 Å². The Kier molecular flexibility index (Phi) is 5.35. The maximum atomic E-state index is 12.8. The summed E-state index contributed by atoms with van der Waals surface area (Å²) in [6, 6.07) is 2.50. The van der Waals surface area contributed by atoms with Gasteiger partial charge in [-0.2, -0.15) is 13.2 Å². The lowest BCUT2D eigenvalue weighted by Crippen LogP contribution is -2.10. The van der Waals surface area contributed by atoms with E-state index in [9.17, 15) is 23.3 Å². The third-order valence-corrected chi connectivity index (χ3v) is 2.66. The Bertz CT molecular complexity index is 472. The molecule has 0 atom stereocenters. The summed E-state index contributed by atoms with van der Waals surface area (Å²) in [5.41, 5.74) is -1.72. The van der Waals surface area contributed by atoms with Crippen molar-refractivity contribution in [2.45, 2.75) is 32.9 Å². The van der Waals surface area contributed by atoms with E-state index in [1.165, 1.54) is 0 Å². The van der Waals surface area contributed by atoms with Crippen LogP contribution in [0.4, 0.5) is 18.9 Å². The number of benzene rings is 1. The second kappa shape index (κ2) is 6.58. The number of ether oxygens (including phenoxy) is 1. The minimum Gasteiger partial charge on any atom is -0.493 e. The van der Waals surface area contributed by atoms with Gasteiger partial charge in [0, 0.05) is 12.1 Å². The van der Waals surface area contributed by atoms with Gasteiger partial charge >= 0.3 is 6.18 Å². The van der Waals surface area contributed by atoms with E-state index in [2.05, 4.69) is 0 Å². The van der Waals surface area contributed by atoms with E-state index >= 15 is 0 Å². The van der Waals surface area contributed by atoms with Crippen LogP contribution < -0.4 is 4.74 Å². The number of nitro groups is 1. The van der Waals surface area contributed by atoms with E-state index in [4.69, 9.17) is 4.74 Å². The second-order valence-corrected chi connectivity index (χ2v) is 4.82. The fraction of sp³-hybridized carbons (Fsp3) is 0.538. The van der Waals surface area contributed by atoms with Crippen molar-refractivity contribution in [3.63, 3.8) is 0 Å². The van der Waals surface area contributed by atoms with Crippen LogP contribution in [0.2, 0.25) is 0 Å². The number of hydrogen-bond donors (Lipinski definition) is 0. The summed E-state index contributed by atoms with van der Waals surface area (Å²) in [4.78, 5) is 9.66. The van der Waals surface area contributed by atoms with E-state index < -0.39 is 22.4 Å². The molecule has 1 rings (SSSR count). The van der Waals surface area contributed by atoms with Gasteiger partial charge in [-0.3, -0.25) is 10.1 Å². The molecule has 7 heteroatoms. The highest BCUT2D eigenvalue weighted by molar-refractivity contribution is 5.45. The molecule has 0 unspecified atom stereocenters. The number of nitro benzene ring substituents is 1. The van der Waals surface area contributed by atoms with Crippen LogP contribution in [0.1, 0.15) is 32.3 Å². The van der Waals surface area contributed by atoms with E-state index in [-0.39, 0.29) is 12.4 Å². The normalized spacial score (nSPS) is 11.7. The SMILES string of the molecule is CC(C)CCCOc1ccc([N+](=O)[O-])cc1C(F)(F)F. The van der Waals surface area contributed by atoms with Crippen molar-refractivity contribution in [1.82, 2.24) is 0 Å².